The lowest BCUT2D eigenvalue weighted by atomic mass is 9.58. The van der Waals surface area contributed by atoms with E-state index in [9.17, 15) is 0 Å². The summed E-state index contributed by atoms with van der Waals surface area (Å²) in [5.74, 6) is 4.80. The fraction of sp³-hybridized carbons (Fsp3) is 1.00. The normalized spacial score (nSPS) is 45.1. The average Bonchev–Trinajstić information content (AvgIpc) is 2.86. The van der Waals surface area contributed by atoms with E-state index in [1.165, 1.54) is 50.0 Å². The van der Waals surface area contributed by atoms with Crippen LogP contribution >= 0.6 is 11.8 Å². The van der Waals surface area contributed by atoms with Crippen molar-refractivity contribution in [1.29, 1.82) is 0 Å². The summed E-state index contributed by atoms with van der Waals surface area (Å²) in [6.07, 6.45) is 7.68. The van der Waals surface area contributed by atoms with E-state index in [1.54, 1.807) is 0 Å². The summed E-state index contributed by atoms with van der Waals surface area (Å²) >= 11 is 2.08. The van der Waals surface area contributed by atoms with Gasteiger partial charge in [0, 0.05) is 18.4 Å². The lowest BCUT2D eigenvalue weighted by molar-refractivity contribution is -0.113. The van der Waals surface area contributed by atoms with E-state index in [0.717, 1.165) is 18.4 Å². The smallest absolute Gasteiger partial charge is 0.0783 e. The third-order valence-corrected chi connectivity index (χ3v) is 7.95. The van der Waals surface area contributed by atoms with Crippen LogP contribution in [-0.2, 0) is 4.74 Å². The fourth-order valence-corrected chi connectivity index (χ4v) is 6.56. The highest BCUT2D eigenvalue weighted by atomic mass is 32.2. The molecule has 0 radical (unpaired) electrons. The number of thioether (sulfide) groups is 1. The zero-order valence-electron chi connectivity index (χ0n) is 14.1. The van der Waals surface area contributed by atoms with Gasteiger partial charge in [-0.1, -0.05) is 27.2 Å². The maximum atomic E-state index is 6.57. The van der Waals surface area contributed by atoms with Crippen molar-refractivity contribution in [3.8, 4) is 0 Å². The Balaban J connectivity index is 1.71. The molecule has 0 amide bonds. The third-order valence-electron chi connectivity index (χ3n) is 6.73. The predicted molar refractivity (Wildman–Crippen MR) is 91.6 cm³/mol. The van der Waals surface area contributed by atoms with Gasteiger partial charge in [0.25, 0.3) is 0 Å². The Morgan fingerprint density at radius 2 is 2.05 bits per heavy atom. The number of hydrogen-bond acceptors (Lipinski definition) is 3. The Morgan fingerprint density at radius 3 is 2.71 bits per heavy atom. The van der Waals surface area contributed by atoms with Gasteiger partial charge in [0.05, 0.1) is 5.60 Å². The fourth-order valence-electron chi connectivity index (χ4n) is 5.18. The summed E-state index contributed by atoms with van der Waals surface area (Å²) in [7, 11) is 0. The first kappa shape index (κ1) is 16.1. The first-order valence-corrected chi connectivity index (χ1v) is 10.1. The van der Waals surface area contributed by atoms with Gasteiger partial charge in [-0.3, -0.25) is 0 Å². The molecule has 1 aliphatic carbocycles. The number of rotatable bonds is 2. The summed E-state index contributed by atoms with van der Waals surface area (Å²) in [5.41, 5.74) is 7.14. The lowest BCUT2D eigenvalue weighted by Crippen LogP contribution is -2.51. The molecule has 0 aromatic carbocycles. The molecule has 2 nitrogen and oxygen atoms in total. The van der Waals surface area contributed by atoms with Crippen LogP contribution in [0.4, 0.5) is 0 Å². The maximum absolute atomic E-state index is 6.57. The molecular weight excluding hydrogens is 278 g/mol. The van der Waals surface area contributed by atoms with Crippen LogP contribution < -0.4 is 5.73 Å². The van der Waals surface area contributed by atoms with Crippen molar-refractivity contribution in [3.05, 3.63) is 0 Å². The first-order chi connectivity index (χ1) is 9.93. The quantitative estimate of drug-likeness (QED) is 0.834. The predicted octanol–water partition coefficient (Wildman–Crippen LogP) is 4.08. The number of ether oxygens (including phenoxy) is 1. The van der Waals surface area contributed by atoms with Crippen molar-refractivity contribution in [2.45, 2.75) is 70.9 Å². The highest BCUT2D eigenvalue weighted by Gasteiger charge is 2.48. The second kappa shape index (κ2) is 6.05. The molecule has 5 atom stereocenters. The van der Waals surface area contributed by atoms with Gasteiger partial charge in [-0.2, -0.15) is 11.8 Å². The monoisotopic (exact) mass is 311 g/mol. The molecule has 122 valence electrons. The minimum Gasteiger partial charge on any atom is -0.374 e. The second-order valence-electron chi connectivity index (χ2n) is 8.53. The van der Waals surface area contributed by atoms with Crippen LogP contribution in [0.3, 0.4) is 0 Å². The molecule has 0 aromatic heterocycles. The summed E-state index contributed by atoms with van der Waals surface area (Å²) in [6, 6.07) is 0.403. The van der Waals surface area contributed by atoms with Crippen LogP contribution in [0.25, 0.3) is 0 Å². The molecule has 2 saturated heterocycles. The molecule has 3 rings (SSSR count). The van der Waals surface area contributed by atoms with Crippen LogP contribution in [0, 0.1) is 23.2 Å². The summed E-state index contributed by atoms with van der Waals surface area (Å²) in [6.45, 7) is 8.33. The molecule has 5 unspecified atom stereocenters. The van der Waals surface area contributed by atoms with Gasteiger partial charge in [-0.25, -0.2) is 0 Å². The van der Waals surface area contributed by atoms with E-state index in [2.05, 4.69) is 32.5 Å². The van der Waals surface area contributed by atoms with E-state index in [1.807, 2.05) is 0 Å². The largest absolute Gasteiger partial charge is 0.374 e. The Kier molecular flexibility index (Phi) is 4.65. The van der Waals surface area contributed by atoms with E-state index in [-0.39, 0.29) is 5.60 Å². The van der Waals surface area contributed by atoms with E-state index in [0.29, 0.717) is 17.4 Å². The zero-order valence-corrected chi connectivity index (χ0v) is 14.9. The van der Waals surface area contributed by atoms with Crippen LogP contribution in [0.2, 0.25) is 0 Å². The second-order valence-corrected chi connectivity index (χ2v) is 9.64. The molecular formula is C18H33NOS. The van der Waals surface area contributed by atoms with Gasteiger partial charge >= 0.3 is 0 Å². The minimum atomic E-state index is 0.205. The van der Waals surface area contributed by atoms with Gasteiger partial charge in [-0.05, 0) is 61.0 Å². The molecule has 1 saturated carbocycles. The van der Waals surface area contributed by atoms with Gasteiger partial charge in [-0.15, -0.1) is 0 Å². The molecule has 0 aromatic rings. The van der Waals surface area contributed by atoms with Crippen molar-refractivity contribution < 1.29 is 4.74 Å². The van der Waals surface area contributed by atoms with Crippen molar-refractivity contribution in [1.82, 2.24) is 0 Å². The Labute approximate surface area is 135 Å². The van der Waals surface area contributed by atoms with Crippen LogP contribution in [0.15, 0.2) is 0 Å². The SMILES string of the molecule is CC1CCC(C(C)(C)C2CCOC3(CCSC3)C2)C(N)C1. The lowest BCUT2D eigenvalue weighted by Gasteiger charge is -2.51. The standard InChI is InChI=1S/C18H33NOS/c1-13-4-5-15(16(19)10-13)17(2,3)14-6-8-20-18(11-14)7-9-21-12-18/h13-16H,4-12,19H2,1-3H3. The number of nitrogens with two attached hydrogens (primary N) is 1. The highest BCUT2D eigenvalue weighted by Crippen LogP contribution is 2.51. The molecule has 21 heavy (non-hydrogen) atoms. The van der Waals surface area contributed by atoms with E-state index in [4.69, 9.17) is 10.5 Å². The molecule has 3 heteroatoms. The number of hydrogen-bond donors (Lipinski definition) is 1. The topological polar surface area (TPSA) is 35.2 Å². The molecule has 2 heterocycles. The van der Waals surface area contributed by atoms with Crippen molar-refractivity contribution in [2.24, 2.45) is 28.9 Å². The van der Waals surface area contributed by atoms with E-state index >= 15 is 0 Å². The van der Waals surface area contributed by atoms with Gasteiger partial charge in [0.1, 0.15) is 0 Å². The van der Waals surface area contributed by atoms with E-state index < -0.39 is 0 Å². The molecule has 3 aliphatic rings. The Hall–Kier alpha value is 0.270. The van der Waals surface area contributed by atoms with Crippen LogP contribution in [0.5, 0.6) is 0 Å². The summed E-state index contributed by atoms with van der Waals surface area (Å²) < 4.78 is 6.23. The molecule has 1 spiro atoms. The maximum Gasteiger partial charge on any atom is 0.0783 e. The van der Waals surface area contributed by atoms with Crippen LogP contribution in [0.1, 0.15) is 59.3 Å². The zero-order chi connectivity index (χ0) is 15.1. The highest BCUT2D eigenvalue weighted by molar-refractivity contribution is 7.99. The summed E-state index contributed by atoms with van der Waals surface area (Å²) in [4.78, 5) is 0. The average molecular weight is 312 g/mol. The van der Waals surface area contributed by atoms with Gasteiger partial charge in [0.2, 0.25) is 0 Å². The van der Waals surface area contributed by atoms with Crippen molar-refractivity contribution >= 4 is 11.8 Å². The Morgan fingerprint density at radius 1 is 1.24 bits per heavy atom. The molecule has 2 aliphatic heterocycles. The first-order valence-electron chi connectivity index (χ1n) is 8.90. The Bertz CT molecular complexity index is 364. The van der Waals surface area contributed by atoms with Crippen LogP contribution in [-0.4, -0.2) is 29.8 Å². The molecule has 0 bridgehead atoms. The van der Waals surface area contributed by atoms with Gasteiger partial charge < -0.3 is 10.5 Å². The summed E-state index contributed by atoms with van der Waals surface area (Å²) in [5, 5.41) is 0. The molecule has 2 N–H and O–H groups in total. The van der Waals surface area contributed by atoms with Crippen molar-refractivity contribution in [3.63, 3.8) is 0 Å². The minimum absolute atomic E-state index is 0.205. The molecule has 3 fully saturated rings. The van der Waals surface area contributed by atoms with Gasteiger partial charge in [0.15, 0.2) is 0 Å². The van der Waals surface area contributed by atoms with Crippen molar-refractivity contribution in [2.75, 3.05) is 18.1 Å². The third kappa shape index (κ3) is 3.16.